The number of halogens is 1. The number of nitrogens with zero attached hydrogens (tertiary/aromatic N) is 2. The quantitative estimate of drug-likeness (QED) is 0.680. The van der Waals surface area contributed by atoms with E-state index in [4.69, 9.17) is 16.3 Å². The van der Waals surface area contributed by atoms with Crippen LogP contribution in [0.3, 0.4) is 0 Å². The van der Waals surface area contributed by atoms with Crippen molar-refractivity contribution < 1.29 is 13.2 Å². The van der Waals surface area contributed by atoms with Gasteiger partial charge >= 0.3 is 0 Å². The predicted molar refractivity (Wildman–Crippen MR) is 90.8 cm³/mol. The van der Waals surface area contributed by atoms with Crippen molar-refractivity contribution in [3.63, 3.8) is 0 Å². The van der Waals surface area contributed by atoms with Crippen molar-refractivity contribution in [3.8, 4) is 17.1 Å². The maximum Gasteiger partial charge on any atom is 0.224 e. The SMILES string of the molecule is COc1nc(Cl)cc2c1cc(-c1ccc(S(C)(=O)=O)cc1)n2C. The Morgan fingerprint density at radius 1 is 1.17 bits per heavy atom. The van der Waals surface area contributed by atoms with Crippen molar-refractivity contribution in [2.75, 3.05) is 13.4 Å². The van der Waals surface area contributed by atoms with Crippen LogP contribution >= 0.6 is 11.6 Å². The largest absolute Gasteiger partial charge is 0.480 e. The molecule has 2 aromatic heterocycles. The van der Waals surface area contributed by atoms with E-state index in [1.807, 2.05) is 17.7 Å². The molecule has 23 heavy (non-hydrogen) atoms. The highest BCUT2D eigenvalue weighted by molar-refractivity contribution is 7.90. The highest BCUT2D eigenvalue weighted by atomic mass is 35.5. The number of fused-ring (bicyclic) bond motifs is 1. The molecule has 1 aromatic carbocycles. The summed E-state index contributed by atoms with van der Waals surface area (Å²) in [6, 6.07) is 10.5. The number of methoxy groups -OCH3 is 1. The molecule has 0 aliphatic rings. The molecule has 0 unspecified atom stereocenters. The first-order valence-electron chi connectivity index (χ1n) is 6.81. The molecule has 3 aromatic rings. The zero-order chi connectivity index (χ0) is 16.8. The maximum absolute atomic E-state index is 11.6. The van der Waals surface area contributed by atoms with Gasteiger partial charge < -0.3 is 9.30 Å². The number of ether oxygens (including phenoxy) is 1. The molecule has 120 valence electrons. The Balaban J connectivity index is 2.19. The van der Waals surface area contributed by atoms with Crippen LogP contribution in [0.5, 0.6) is 5.88 Å². The van der Waals surface area contributed by atoms with E-state index in [1.54, 1.807) is 37.4 Å². The van der Waals surface area contributed by atoms with E-state index in [0.29, 0.717) is 15.9 Å². The summed E-state index contributed by atoms with van der Waals surface area (Å²) >= 11 is 6.03. The van der Waals surface area contributed by atoms with E-state index in [-0.39, 0.29) is 0 Å². The predicted octanol–water partition coefficient (Wildman–Crippen LogP) is 3.31. The lowest BCUT2D eigenvalue weighted by molar-refractivity contribution is 0.403. The first-order valence-corrected chi connectivity index (χ1v) is 9.08. The number of aryl methyl sites for hydroxylation is 1. The van der Waals surface area contributed by atoms with Gasteiger partial charge in [0.1, 0.15) is 5.15 Å². The first kappa shape index (κ1) is 15.8. The Hall–Kier alpha value is -2.05. The van der Waals surface area contributed by atoms with Crippen LogP contribution in [0.25, 0.3) is 22.2 Å². The van der Waals surface area contributed by atoms with Crippen LogP contribution in [0.2, 0.25) is 5.15 Å². The molecule has 0 saturated heterocycles. The molecule has 0 saturated carbocycles. The van der Waals surface area contributed by atoms with Crippen LogP contribution < -0.4 is 4.74 Å². The Labute approximate surface area is 139 Å². The van der Waals surface area contributed by atoms with Crippen LogP contribution in [-0.2, 0) is 16.9 Å². The molecule has 0 radical (unpaired) electrons. The van der Waals surface area contributed by atoms with Crippen molar-refractivity contribution in [2.24, 2.45) is 7.05 Å². The van der Waals surface area contributed by atoms with Gasteiger partial charge in [0.2, 0.25) is 5.88 Å². The van der Waals surface area contributed by atoms with E-state index in [2.05, 4.69) is 4.98 Å². The minimum atomic E-state index is -3.21. The summed E-state index contributed by atoms with van der Waals surface area (Å²) < 4.78 is 30.4. The minimum absolute atomic E-state index is 0.294. The normalized spacial score (nSPS) is 11.8. The second kappa shape index (κ2) is 5.54. The molecular formula is C16H15ClN2O3S. The third-order valence-electron chi connectivity index (χ3n) is 3.75. The second-order valence-corrected chi connectivity index (χ2v) is 7.68. The van der Waals surface area contributed by atoms with Crippen LogP contribution in [0.15, 0.2) is 41.3 Å². The molecule has 0 N–H and O–H groups in total. The van der Waals surface area contributed by atoms with Crippen LogP contribution in [0.1, 0.15) is 0 Å². The number of pyridine rings is 1. The van der Waals surface area contributed by atoms with Gasteiger partial charge in [0, 0.05) is 25.1 Å². The van der Waals surface area contributed by atoms with Gasteiger partial charge in [-0.05, 0) is 23.8 Å². The summed E-state index contributed by atoms with van der Waals surface area (Å²) in [7, 11) is 0.255. The molecule has 2 heterocycles. The summed E-state index contributed by atoms with van der Waals surface area (Å²) in [6.07, 6.45) is 1.19. The first-order chi connectivity index (χ1) is 10.8. The van der Waals surface area contributed by atoms with E-state index in [9.17, 15) is 8.42 Å². The van der Waals surface area contributed by atoms with Gasteiger partial charge in [0.05, 0.1) is 22.9 Å². The van der Waals surface area contributed by atoms with Crippen LogP contribution in [0, 0.1) is 0 Å². The second-order valence-electron chi connectivity index (χ2n) is 5.27. The van der Waals surface area contributed by atoms with Gasteiger partial charge in [-0.2, -0.15) is 0 Å². The van der Waals surface area contributed by atoms with Crippen LogP contribution in [-0.4, -0.2) is 31.3 Å². The van der Waals surface area contributed by atoms with Gasteiger partial charge in [-0.3, -0.25) is 0 Å². The monoisotopic (exact) mass is 350 g/mol. The van der Waals surface area contributed by atoms with Gasteiger partial charge in [0.15, 0.2) is 9.84 Å². The van der Waals surface area contributed by atoms with E-state index in [0.717, 1.165) is 22.2 Å². The highest BCUT2D eigenvalue weighted by Gasteiger charge is 2.14. The van der Waals surface area contributed by atoms with Crippen molar-refractivity contribution in [1.29, 1.82) is 0 Å². The standard InChI is InChI=1S/C16H15ClN2O3S/c1-19-13(10-4-6-11(7-5-10)23(3,20)21)8-12-14(19)9-15(17)18-16(12)22-2/h4-9H,1-3H3. The molecular weight excluding hydrogens is 336 g/mol. The number of rotatable bonds is 3. The van der Waals surface area contributed by atoms with E-state index < -0.39 is 9.84 Å². The number of aromatic nitrogens is 2. The number of hydrogen-bond donors (Lipinski definition) is 0. The molecule has 3 rings (SSSR count). The van der Waals surface area contributed by atoms with Crippen molar-refractivity contribution in [1.82, 2.24) is 9.55 Å². The summed E-state index contributed by atoms with van der Waals surface area (Å²) in [4.78, 5) is 4.46. The number of hydrogen-bond acceptors (Lipinski definition) is 4. The Kier molecular flexibility index (Phi) is 3.82. The third kappa shape index (κ3) is 2.80. The molecule has 0 amide bonds. The minimum Gasteiger partial charge on any atom is -0.480 e. The number of benzene rings is 1. The molecule has 0 spiro atoms. The fourth-order valence-corrected chi connectivity index (χ4v) is 3.38. The maximum atomic E-state index is 11.6. The summed E-state index contributed by atoms with van der Waals surface area (Å²) in [6.45, 7) is 0. The molecule has 5 nitrogen and oxygen atoms in total. The highest BCUT2D eigenvalue weighted by Crippen LogP contribution is 2.33. The van der Waals surface area contributed by atoms with Crippen molar-refractivity contribution in [2.45, 2.75) is 4.90 Å². The molecule has 0 aliphatic heterocycles. The average molecular weight is 351 g/mol. The van der Waals surface area contributed by atoms with Gasteiger partial charge in [-0.15, -0.1) is 0 Å². The molecule has 7 heteroatoms. The zero-order valence-corrected chi connectivity index (χ0v) is 14.4. The Morgan fingerprint density at radius 3 is 2.39 bits per heavy atom. The fourth-order valence-electron chi connectivity index (χ4n) is 2.57. The topological polar surface area (TPSA) is 61.2 Å². The Bertz CT molecular complexity index is 992. The van der Waals surface area contributed by atoms with Crippen molar-refractivity contribution >= 4 is 32.3 Å². The van der Waals surface area contributed by atoms with Gasteiger partial charge in [0.25, 0.3) is 0 Å². The summed E-state index contributed by atoms with van der Waals surface area (Å²) in [5.74, 6) is 0.460. The summed E-state index contributed by atoms with van der Waals surface area (Å²) in [5.41, 5.74) is 2.71. The van der Waals surface area contributed by atoms with Crippen LogP contribution in [0.4, 0.5) is 0 Å². The molecule has 0 aliphatic carbocycles. The number of sulfone groups is 1. The molecule has 0 atom stereocenters. The van der Waals surface area contributed by atoms with E-state index >= 15 is 0 Å². The Morgan fingerprint density at radius 2 is 1.83 bits per heavy atom. The average Bonchev–Trinajstić information content (AvgIpc) is 2.83. The zero-order valence-electron chi connectivity index (χ0n) is 12.9. The summed E-state index contributed by atoms with van der Waals surface area (Å²) in [5, 5.41) is 1.20. The molecule has 0 fully saturated rings. The van der Waals surface area contributed by atoms with Gasteiger partial charge in [-0.1, -0.05) is 23.7 Å². The molecule has 0 bridgehead atoms. The smallest absolute Gasteiger partial charge is 0.224 e. The lowest BCUT2D eigenvalue weighted by Crippen LogP contribution is -1.97. The lowest BCUT2D eigenvalue weighted by Gasteiger charge is -2.06. The van der Waals surface area contributed by atoms with Gasteiger partial charge in [-0.25, -0.2) is 13.4 Å². The van der Waals surface area contributed by atoms with E-state index in [1.165, 1.54) is 6.26 Å². The fraction of sp³-hybridized carbons (Fsp3) is 0.188. The van der Waals surface area contributed by atoms with Crippen molar-refractivity contribution in [3.05, 3.63) is 41.6 Å². The lowest BCUT2D eigenvalue weighted by atomic mass is 10.1. The third-order valence-corrected chi connectivity index (χ3v) is 5.07.